The van der Waals surface area contributed by atoms with Crippen molar-refractivity contribution in [2.45, 2.75) is 128 Å². The van der Waals surface area contributed by atoms with Crippen molar-refractivity contribution in [3.8, 4) is 0 Å². The highest BCUT2D eigenvalue weighted by molar-refractivity contribution is 5.86. The van der Waals surface area contributed by atoms with Gasteiger partial charge in [-0.1, -0.05) is 96.8 Å². The van der Waals surface area contributed by atoms with Crippen molar-refractivity contribution < 1.29 is 34.8 Å². The monoisotopic (exact) mass is 472 g/mol. The lowest BCUT2D eigenvalue weighted by Crippen LogP contribution is -2.45. The molecule has 188 valence electrons. The summed E-state index contributed by atoms with van der Waals surface area (Å²) in [7, 11) is 0. The quantitative estimate of drug-likeness (QED) is 0.108. The molecule has 0 aliphatic rings. The molecule has 0 fully saturated rings. The van der Waals surface area contributed by atoms with Crippen LogP contribution in [0.2, 0.25) is 0 Å². The Bertz CT molecular complexity index is 448. The van der Waals surface area contributed by atoms with E-state index >= 15 is 0 Å². The van der Waals surface area contributed by atoms with Crippen molar-refractivity contribution in [2.75, 3.05) is 13.2 Å². The summed E-state index contributed by atoms with van der Waals surface area (Å²) in [5.41, 5.74) is 0. The second-order valence-electron chi connectivity index (χ2n) is 8.51. The SMILES string of the molecule is CCCCCCCCCCCCCCCCCC(=O)OCC(=O)[C@H](O)[C@@H](O)[C@H](O)CO.[MgH2]. The normalized spacial score (nSPS) is 13.8. The van der Waals surface area contributed by atoms with Gasteiger partial charge in [-0.05, 0) is 6.42 Å². The van der Waals surface area contributed by atoms with E-state index in [2.05, 4.69) is 6.92 Å². The molecule has 0 saturated carbocycles. The van der Waals surface area contributed by atoms with Crippen LogP contribution < -0.4 is 0 Å². The van der Waals surface area contributed by atoms with Gasteiger partial charge in [-0.25, -0.2) is 0 Å². The summed E-state index contributed by atoms with van der Waals surface area (Å²) in [6.45, 7) is 0.800. The Hall–Kier alpha value is -0.254. The van der Waals surface area contributed by atoms with E-state index in [-0.39, 0.29) is 29.5 Å². The maximum Gasteiger partial charge on any atom is 0.316 e. The molecule has 0 aliphatic carbocycles. The molecule has 7 nitrogen and oxygen atoms in total. The van der Waals surface area contributed by atoms with Gasteiger partial charge < -0.3 is 25.2 Å². The predicted molar refractivity (Wildman–Crippen MR) is 129 cm³/mol. The third kappa shape index (κ3) is 19.2. The summed E-state index contributed by atoms with van der Waals surface area (Å²) >= 11 is 0. The summed E-state index contributed by atoms with van der Waals surface area (Å²) in [6, 6.07) is 0. The number of carbonyl (C=O) groups is 2. The third-order valence-electron chi connectivity index (χ3n) is 5.59. The van der Waals surface area contributed by atoms with Crippen LogP contribution in [0.25, 0.3) is 0 Å². The van der Waals surface area contributed by atoms with Crippen LogP contribution in [0, 0.1) is 0 Å². The number of ketones is 1. The molecule has 0 rings (SSSR count). The molecule has 0 aromatic carbocycles. The van der Waals surface area contributed by atoms with E-state index in [4.69, 9.17) is 9.84 Å². The van der Waals surface area contributed by atoms with Gasteiger partial charge in [-0.15, -0.1) is 0 Å². The van der Waals surface area contributed by atoms with Gasteiger partial charge in [-0.3, -0.25) is 9.59 Å². The van der Waals surface area contributed by atoms with Gasteiger partial charge in [0, 0.05) is 6.42 Å². The summed E-state index contributed by atoms with van der Waals surface area (Å²) in [5, 5.41) is 36.9. The smallest absolute Gasteiger partial charge is 0.316 e. The maximum absolute atomic E-state index is 11.7. The van der Waals surface area contributed by atoms with Crippen molar-refractivity contribution in [3.05, 3.63) is 0 Å². The second kappa shape index (κ2) is 23.9. The Balaban J connectivity index is 0. The van der Waals surface area contributed by atoms with E-state index in [0.29, 0.717) is 6.42 Å². The highest BCUT2D eigenvalue weighted by Gasteiger charge is 2.30. The van der Waals surface area contributed by atoms with E-state index in [9.17, 15) is 24.9 Å². The van der Waals surface area contributed by atoms with Crippen LogP contribution in [-0.4, -0.2) is 86.8 Å². The number of aliphatic hydroxyl groups excluding tert-OH is 4. The molecule has 0 radical (unpaired) electrons. The van der Waals surface area contributed by atoms with Crippen molar-refractivity contribution in [1.82, 2.24) is 0 Å². The largest absolute Gasteiger partial charge is 0.458 e. The number of hydrogen-bond donors (Lipinski definition) is 4. The molecule has 32 heavy (non-hydrogen) atoms. The minimum absolute atomic E-state index is 0. The summed E-state index contributed by atoms with van der Waals surface area (Å²) in [4.78, 5) is 23.3. The third-order valence-corrected chi connectivity index (χ3v) is 5.59. The van der Waals surface area contributed by atoms with Gasteiger partial charge in [-0.2, -0.15) is 0 Å². The molecule has 3 atom stereocenters. The zero-order valence-corrected chi connectivity index (χ0v) is 19.5. The summed E-state index contributed by atoms with van der Waals surface area (Å²) in [5.74, 6) is -1.43. The molecule has 0 unspecified atom stereocenters. The van der Waals surface area contributed by atoms with E-state index in [0.717, 1.165) is 12.8 Å². The first-order chi connectivity index (χ1) is 14.9. The number of carbonyl (C=O) groups excluding carboxylic acids is 2. The number of unbranched alkanes of at least 4 members (excludes halogenated alkanes) is 14. The standard InChI is InChI=1S/C24H46O7.Mg.2H/c1-2-3-4-5-6-7-8-9-10-11-12-13-14-15-16-17-22(28)31-19-21(27)24(30)23(29)20(26)18-25;;;/h20,23-26,29-30H,2-19H2,1H3;;;/t20-,23+,24+;;;/m1.../s1. The molecule has 4 N–H and O–H groups in total. The van der Waals surface area contributed by atoms with Crippen LogP contribution >= 0.6 is 0 Å². The molecule has 0 bridgehead atoms. The van der Waals surface area contributed by atoms with Crippen molar-refractivity contribution in [2.24, 2.45) is 0 Å². The van der Waals surface area contributed by atoms with Crippen molar-refractivity contribution in [1.29, 1.82) is 0 Å². The Morgan fingerprint density at radius 3 is 1.53 bits per heavy atom. The minimum Gasteiger partial charge on any atom is -0.458 e. The highest BCUT2D eigenvalue weighted by atomic mass is 24.3. The fourth-order valence-electron chi connectivity index (χ4n) is 3.46. The van der Waals surface area contributed by atoms with Crippen molar-refractivity contribution >= 4 is 34.8 Å². The number of rotatable bonds is 22. The zero-order chi connectivity index (χ0) is 23.3. The van der Waals surface area contributed by atoms with Gasteiger partial charge in [0.1, 0.15) is 18.3 Å². The van der Waals surface area contributed by atoms with E-state index in [1.165, 1.54) is 77.0 Å². The summed E-state index contributed by atoms with van der Waals surface area (Å²) < 4.78 is 4.80. The molecular weight excluding hydrogens is 425 g/mol. The van der Waals surface area contributed by atoms with Gasteiger partial charge >= 0.3 is 29.0 Å². The van der Waals surface area contributed by atoms with Crippen LogP contribution in [-0.2, 0) is 14.3 Å². The molecule has 0 spiro atoms. The number of esters is 1. The van der Waals surface area contributed by atoms with E-state index in [1.54, 1.807) is 0 Å². The van der Waals surface area contributed by atoms with Crippen LogP contribution in [0.4, 0.5) is 0 Å². The van der Waals surface area contributed by atoms with E-state index < -0.39 is 43.3 Å². The number of Topliss-reactive ketones (excluding diaryl/α,β-unsaturated/α-hetero) is 1. The van der Waals surface area contributed by atoms with Gasteiger partial charge in [0.15, 0.2) is 6.61 Å². The fraction of sp³-hybridized carbons (Fsp3) is 0.917. The molecule has 0 aromatic rings. The molecule has 0 aromatic heterocycles. The maximum atomic E-state index is 11.7. The van der Waals surface area contributed by atoms with E-state index in [1.807, 2.05) is 0 Å². The molecule has 0 heterocycles. The van der Waals surface area contributed by atoms with Crippen LogP contribution in [0.1, 0.15) is 110 Å². The highest BCUT2D eigenvalue weighted by Crippen LogP contribution is 2.14. The Kier molecular flexibility index (Phi) is 25.3. The van der Waals surface area contributed by atoms with Gasteiger partial charge in [0.25, 0.3) is 0 Å². The number of hydrogen-bond acceptors (Lipinski definition) is 7. The number of aliphatic hydroxyl groups is 4. The fourth-order valence-corrected chi connectivity index (χ4v) is 3.46. The topological polar surface area (TPSA) is 124 Å². The Morgan fingerprint density at radius 2 is 1.12 bits per heavy atom. The Morgan fingerprint density at radius 1 is 0.719 bits per heavy atom. The molecule has 0 aliphatic heterocycles. The second-order valence-corrected chi connectivity index (χ2v) is 8.51. The lowest BCUT2D eigenvalue weighted by Gasteiger charge is -2.20. The first kappa shape index (κ1) is 33.9. The van der Waals surface area contributed by atoms with Crippen LogP contribution in [0.3, 0.4) is 0 Å². The number of ether oxygens (including phenoxy) is 1. The molecular formula is C24H48MgO7. The van der Waals surface area contributed by atoms with Crippen LogP contribution in [0.15, 0.2) is 0 Å². The first-order valence-corrected chi connectivity index (χ1v) is 12.3. The lowest BCUT2D eigenvalue weighted by atomic mass is 10.0. The molecule has 0 amide bonds. The average Bonchev–Trinajstić information content (AvgIpc) is 2.78. The zero-order valence-electron chi connectivity index (χ0n) is 19.5. The Labute approximate surface area is 210 Å². The molecule has 8 heteroatoms. The van der Waals surface area contributed by atoms with Gasteiger partial charge in [0.2, 0.25) is 5.78 Å². The minimum atomic E-state index is -1.90. The molecule has 0 saturated heterocycles. The first-order valence-electron chi connectivity index (χ1n) is 12.3. The van der Waals surface area contributed by atoms with Crippen LogP contribution in [0.5, 0.6) is 0 Å². The lowest BCUT2D eigenvalue weighted by molar-refractivity contribution is -0.155. The predicted octanol–water partition coefficient (Wildman–Crippen LogP) is 2.52. The average molecular weight is 473 g/mol. The van der Waals surface area contributed by atoms with Gasteiger partial charge in [0.05, 0.1) is 6.61 Å². The summed E-state index contributed by atoms with van der Waals surface area (Å²) in [6.07, 6.45) is 13.5. The van der Waals surface area contributed by atoms with Crippen molar-refractivity contribution in [3.63, 3.8) is 0 Å².